The molecule has 0 N–H and O–H groups in total. The van der Waals surface area contributed by atoms with Crippen LogP contribution in [0.5, 0.6) is 0 Å². The maximum Gasteiger partial charge on any atom is 0.137 e. The van der Waals surface area contributed by atoms with E-state index in [2.05, 4.69) is 0 Å². The SMILES string of the molecule is CC(=O)CC(C(C)=O)c1ccc(C)cc1. The average molecular weight is 204 g/mol. The molecule has 0 saturated carbocycles. The monoisotopic (exact) mass is 204 g/mol. The van der Waals surface area contributed by atoms with E-state index in [1.54, 1.807) is 0 Å². The highest BCUT2D eigenvalue weighted by Crippen LogP contribution is 2.21. The van der Waals surface area contributed by atoms with Crippen LogP contribution < -0.4 is 0 Å². The zero-order chi connectivity index (χ0) is 11.4. The normalized spacial score (nSPS) is 12.2. The molecule has 0 spiro atoms. The van der Waals surface area contributed by atoms with Gasteiger partial charge in [-0.3, -0.25) is 9.59 Å². The van der Waals surface area contributed by atoms with Gasteiger partial charge in [0, 0.05) is 12.3 Å². The highest BCUT2D eigenvalue weighted by atomic mass is 16.1. The van der Waals surface area contributed by atoms with E-state index in [0.717, 1.165) is 11.1 Å². The second-order valence-electron chi connectivity index (χ2n) is 3.98. The van der Waals surface area contributed by atoms with Crippen molar-refractivity contribution in [3.8, 4) is 0 Å². The quantitative estimate of drug-likeness (QED) is 0.755. The van der Waals surface area contributed by atoms with Gasteiger partial charge < -0.3 is 0 Å². The van der Waals surface area contributed by atoms with Crippen molar-refractivity contribution in [3.63, 3.8) is 0 Å². The Balaban J connectivity index is 2.94. The summed E-state index contributed by atoms with van der Waals surface area (Å²) in [6.45, 7) is 5.05. The van der Waals surface area contributed by atoms with Crippen molar-refractivity contribution in [3.05, 3.63) is 35.4 Å². The van der Waals surface area contributed by atoms with E-state index >= 15 is 0 Å². The minimum absolute atomic E-state index is 0.0500. The summed E-state index contributed by atoms with van der Waals surface area (Å²) < 4.78 is 0. The van der Waals surface area contributed by atoms with Crippen LogP contribution >= 0.6 is 0 Å². The van der Waals surface area contributed by atoms with E-state index in [1.807, 2.05) is 31.2 Å². The second-order valence-corrected chi connectivity index (χ2v) is 3.98. The third kappa shape index (κ3) is 3.31. The van der Waals surface area contributed by atoms with Crippen molar-refractivity contribution in [2.75, 3.05) is 0 Å². The molecule has 0 heterocycles. The molecule has 15 heavy (non-hydrogen) atoms. The molecule has 1 unspecified atom stereocenters. The molecule has 0 saturated heterocycles. The van der Waals surface area contributed by atoms with Crippen molar-refractivity contribution in [2.45, 2.75) is 33.1 Å². The predicted octanol–water partition coefficient (Wildman–Crippen LogP) is 2.65. The molecular weight excluding hydrogens is 188 g/mol. The van der Waals surface area contributed by atoms with E-state index < -0.39 is 0 Å². The first-order valence-corrected chi connectivity index (χ1v) is 5.07. The van der Waals surface area contributed by atoms with Gasteiger partial charge in [0.2, 0.25) is 0 Å². The van der Waals surface area contributed by atoms with E-state index in [-0.39, 0.29) is 17.5 Å². The van der Waals surface area contributed by atoms with Gasteiger partial charge in [-0.05, 0) is 26.3 Å². The van der Waals surface area contributed by atoms with Crippen molar-refractivity contribution >= 4 is 11.6 Å². The molecule has 0 fully saturated rings. The van der Waals surface area contributed by atoms with E-state index in [1.165, 1.54) is 13.8 Å². The number of hydrogen-bond acceptors (Lipinski definition) is 2. The minimum Gasteiger partial charge on any atom is -0.300 e. The zero-order valence-electron chi connectivity index (χ0n) is 9.41. The van der Waals surface area contributed by atoms with Gasteiger partial charge in [0.25, 0.3) is 0 Å². The van der Waals surface area contributed by atoms with Crippen LogP contribution in [0.4, 0.5) is 0 Å². The van der Waals surface area contributed by atoms with Crippen molar-refractivity contribution in [1.82, 2.24) is 0 Å². The highest BCUT2D eigenvalue weighted by Gasteiger charge is 2.18. The lowest BCUT2D eigenvalue weighted by Gasteiger charge is -2.12. The number of benzene rings is 1. The lowest BCUT2D eigenvalue weighted by molar-refractivity contribution is -0.123. The highest BCUT2D eigenvalue weighted by molar-refractivity contribution is 5.89. The maximum absolute atomic E-state index is 11.4. The summed E-state index contributed by atoms with van der Waals surface area (Å²) >= 11 is 0. The van der Waals surface area contributed by atoms with Crippen LogP contribution in [0.2, 0.25) is 0 Å². The second kappa shape index (κ2) is 4.87. The third-order valence-electron chi connectivity index (χ3n) is 2.46. The van der Waals surface area contributed by atoms with Gasteiger partial charge in [0.1, 0.15) is 11.6 Å². The van der Waals surface area contributed by atoms with Gasteiger partial charge in [-0.15, -0.1) is 0 Å². The summed E-state index contributed by atoms with van der Waals surface area (Å²) in [4.78, 5) is 22.5. The summed E-state index contributed by atoms with van der Waals surface area (Å²) in [5.74, 6) is -0.173. The molecule has 0 radical (unpaired) electrons. The van der Waals surface area contributed by atoms with Gasteiger partial charge in [0.15, 0.2) is 0 Å². The molecule has 0 amide bonds. The fourth-order valence-electron chi connectivity index (χ4n) is 1.58. The molecular formula is C13H16O2. The Hall–Kier alpha value is -1.44. The standard InChI is InChI=1S/C13H16O2/c1-9-4-6-12(7-5-9)13(11(3)15)8-10(2)14/h4-7,13H,8H2,1-3H3. The Kier molecular flexibility index (Phi) is 3.78. The lowest BCUT2D eigenvalue weighted by atomic mass is 9.90. The number of Topliss-reactive ketones (excluding diaryl/α,β-unsaturated/α-hetero) is 2. The Morgan fingerprint density at radius 1 is 1.13 bits per heavy atom. The summed E-state index contributed by atoms with van der Waals surface area (Å²) in [6.07, 6.45) is 0.304. The largest absolute Gasteiger partial charge is 0.300 e. The summed E-state index contributed by atoms with van der Waals surface area (Å²) in [5, 5.41) is 0. The summed E-state index contributed by atoms with van der Waals surface area (Å²) in [5.41, 5.74) is 2.09. The van der Waals surface area contributed by atoms with Crippen LogP contribution in [0, 0.1) is 6.92 Å². The van der Waals surface area contributed by atoms with Crippen LogP contribution in [0.25, 0.3) is 0 Å². The average Bonchev–Trinajstić information content (AvgIpc) is 2.15. The van der Waals surface area contributed by atoms with Crippen molar-refractivity contribution in [1.29, 1.82) is 0 Å². The Morgan fingerprint density at radius 2 is 1.67 bits per heavy atom. The number of hydrogen-bond donors (Lipinski definition) is 0. The van der Waals surface area contributed by atoms with Gasteiger partial charge in [0.05, 0.1) is 0 Å². The fourth-order valence-corrected chi connectivity index (χ4v) is 1.58. The van der Waals surface area contributed by atoms with E-state index in [4.69, 9.17) is 0 Å². The summed E-state index contributed by atoms with van der Waals surface area (Å²) in [7, 11) is 0. The minimum atomic E-state index is -0.275. The van der Waals surface area contributed by atoms with Gasteiger partial charge in [-0.1, -0.05) is 29.8 Å². The van der Waals surface area contributed by atoms with Crippen LogP contribution in [-0.2, 0) is 9.59 Å². The van der Waals surface area contributed by atoms with Crippen molar-refractivity contribution < 1.29 is 9.59 Å². The fraction of sp³-hybridized carbons (Fsp3) is 0.385. The molecule has 0 bridgehead atoms. The first-order chi connectivity index (χ1) is 7.00. The molecule has 2 heteroatoms. The molecule has 0 aliphatic rings. The van der Waals surface area contributed by atoms with Crippen LogP contribution in [0.15, 0.2) is 24.3 Å². The van der Waals surface area contributed by atoms with Crippen LogP contribution in [0.1, 0.15) is 37.3 Å². The molecule has 1 atom stereocenters. The molecule has 1 aromatic rings. The number of aryl methyl sites for hydroxylation is 1. The number of rotatable bonds is 4. The molecule has 80 valence electrons. The smallest absolute Gasteiger partial charge is 0.137 e. The van der Waals surface area contributed by atoms with Gasteiger partial charge in [-0.2, -0.15) is 0 Å². The number of carbonyl (C=O) groups is 2. The lowest BCUT2D eigenvalue weighted by Crippen LogP contribution is -2.12. The first-order valence-electron chi connectivity index (χ1n) is 5.07. The Bertz CT molecular complexity index is 363. The number of carbonyl (C=O) groups excluding carboxylic acids is 2. The molecule has 1 rings (SSSR count). The van der Waals surface area contributed by atoms with E-state index in [0.29, 0.717) is 6.42 Å². The maximum atomic E-state index is 11.4. The predicted molar refractivity (Wildman–Crippen MR) is 59.9 cm³/mol. The van der Waals surface area contributed by atoms with E-state index in [9.17, 15) is 9.59 Å². The first kappa shape index (κ1) is 11.6. The molecule has 1 aromatic carbocycles. The number of ketones is 2. The Labute approximate surface area is 90.3 Å². The zero-order valence-corrected chi connectivity index (χ0v) is 9.41. The molecule has 0 aliphatic carbocycles. The van der Waals surface area contributed by atoms with Crippen LogP contribution in [-0.4, -0.2) is 11.6 Å². The third-order valence-corrected chi connectivity index (χ3v) is 2.46. The Morgan fingerprint density at radius 3 is 2.07 bits per heavy atom. The molecule has 0 aromatic heterocycles. The van der Waals surface area contributed by atoms with Crippen molar-refractivity contribution in [2.24, 2.45) is 0 Å². The van der Waals surface area contributed by atoms with Crippen LogP contribution in [0.3, 0.4) is 0 Å². The molecule has 0 aliphatic heterocycles. The molecule has 2 nitrogen and oxygen atoms in total. The van der Waals surface area contributed by atoms with Gasteiger partial charge in [-0.25, -0.2) is 0 Å². The summed E-state index contributed by atoms with van der Waals surface area (Å²) in [6, 6.07) is 7.77. The van der Waals surface area contributed by atoms with Gasteiger partial charge >= 0.3 is 0 Å². The topological polar surface area (TPSA) is 34.1 Å².